The molecule has 3 heteroatoms. The maximum Gasteiger partial charge on any atom is 0.0947 e. The lowest BCUT2D eigenvalue weighted by Gasteiger charge is -2.24. The molecule has 1 saturated carbocycles. The minimum Gasteiger partial charge on any atom is -0.472 e. The number of nitrogens with zero attached hydrogens (tertiary/aromatic N) is 1. The van der Waals surface area contributed by atoms with Gasteiger partial charge in [0, 0.05) is 31.2 Å². The summed E-state index contributed by atoms with van der Waals surface area (Å²) in [5.41, 5.74) is 1.25. The first-order chi connectivity index (χ1) is 8.34. The number of furan rings is 1. The van der Waals surface area contributed by atoms with E-state index in [1.807, 2.05) is 12.3 Å². The van der Waals surface area contributed by atoms with Crippen molar-refractivity contribution in [3.05, 3.63) is 24.2 Å². The topological polar surface area (TPSA) is 28.4 Å². The normalized spacial score (nSPS) is 17.8. The second-order valence-electron chi connectivity index (χ2n) is 5.16. The highest BCUT2D eigenvalue weighted by atomic mass is 16.3. The summed E-state index contributed by atoms with van der Waals surface area (Å²) in [4.78, 5) is 2.33. The van der Waals surface area contributed by atoms with Crippen LogP contribution in [0.1, 0.15) is 37.7 Å². The fourth-order valence-electron chi connectivity index (χ4n) is 2.54. The highest BCUT2D eigenvalue weighted by molar-refractivity contribution is 5.04. The fourth-order valence-corrected chi connectivity index (χ4v) is 2.54. The number of nitrogens with one attached hydrogen (secondary N) is 1. The van der Waals surface area contributed by atoms with Crippen molar-refractivity contribution in [2.24, 2.45) is 0 Å². The molecule has 1 aliphatic rings. The molecule has 0 aromatic carbocycles. The molecule has 96 valence electrons. The van der Waals surface area contributed by atoms with Crippen molar-refractivity contribution in [2.45, 2.75) is 44.7 Å². The quantitative estimate of drug-likeness (QED) is 0.823. The molecule has 0 radical (unpaired) electrons. The van der Waals surface area contributed by atoms with Crippen molar-refractivity contribution < 1.29 is 4.42 Å². The molecule has 1 fully saturated rings. The third-order valence-electron chi connectivity index (χ3n) is 3.56. The van der Waals surface area contributed by atoms with Crippen LogP contribution in [0.15, 0.2) is 23.0 Å². The van der Waals surface area contributed by atoms with Gasteiger partial charge in [0.1, 0.15) is 0 Å². The molecule has 0 spiro atoms. The summed E-state index contributed by atoms with van der Waals surface area (Å²) in [5, 5.41) is 3.67. The van der Waals surface area contributed by atoms with Gasteiger partial charge in [-0.2, -0.15) is 0 Å². The zero-order chi connectivity index (χ0) is 11.9. The molecule has 0 amide bonds. The standard InChI is InChI=1S/C14H24N2O/c1-16(11-13-7-10-17-12-13)9-8-15-14-5-3-2-4-6-14/h7,10,12,14-15H,2-6,8-9,11H2,1H3. The summed E-state index contributed by atoms with van der Waals surface area (Å²) in [5.74, 6) is 0. The van der Waals surface area contributed by atoms with E-state index in [0.717, 1.165) is 25.7 Å². The molecule has 2 rings (SSSR count). The summed E-state index contributed by atoms with van der Waals surface area (Å²) in [6.07, 6.45) is 10.5. The lowest BCUT2D eigenvalue weighted by atomic mass is 9.95. The zero-order valence-electron chi connectivity index (χ0n) is 10.8. The first-order valence-electron chi connectivity index (χ1n) is 6.77. The molecule has 0 saturated heterocycles. The van der Waals surface area contributed by atoms with Gasteiger partial charge in [-0.1, -0.05) is 19.3 Å². The largest absolute Gasteiger partial charge is 0.472 e. The van der Waals surface area contributed by atoms with E-state index < -0.39 is 0 Å². The summed E-state index contributed by atoms with van der Waals surface area (Å²) < 4.78 is 5.07. The van der Waals surface area contributed by atoms with Gasteiger partial charge in [-0.25, -0.2) is 0 Å². The predicted octanol–water partition coefficient (Wildman–Crippen LogP) is 2.63. The third-order valence-corrected chi connectivity index (χ3v) is 3.56. The second-order valence-corrected chi connectivity index (χ2v) is 5.16. The monoisotopic (exact) mass is 236 g/mol. The van der Waals surface area contributed by atoms with Crippen molar-refractivity contribution in [3.8, 4) is 0 Å². The summed E-state index contributed by atoms with van der Waals surface area (Å²) >= 11 is 0. The van der Waals surface area contributed by atoms with Gasteiger partial charge < -0.3 is 14.6 Å². The van der Waals surface area contributed by atoms with Gasteiger partial charge in [0.05, 0.1) is 12.5 Å². The van der Waals surface area contributed by atoms with Crippen LogP contribution < -0.4 is 5.32 Å². The van der Waals surface area contributed by atoms with Crippen molar-refractivity contribution >= 4 is 0 Å². The first-order valence-corrected chi connectivity index (χ1v) is 6.77. The Morgan fingerprint density at radius 2 is 2.18 bits per heavy atom. The van der Waals surface area contributed by atoms with Crippen LogP contribution in [0.4, 0.5) is 0 Å². The minimum absolute atomic E-state index is 0.770. The molecule has 1 heterocycles. The maximum atomic E-state index is 5.07. The molecule has 0 atom stereocenters. The number of hydrogen-bond acceptors (Lipinski definition) is 3. The van der Waals surface area contributed by atoms with Crippen LogP contribution in [0.5, 0.6) is 0 Å². The third kappa shape index (κ3) is 4.52. The maximum absolute atomic E-state index is 5.07. The highest BCUT2D eigenvalue weighted by Crippen LogP contribution is 2.17. The Bertz CT molecular complexity index is 291. The Labute approximate surface area is 104 Å². The molecule has 3 nitrogen and oxygen atoms in total. The van der Waals surface area contributed by atoms with Crippen LogP contribution in [-0.2, 0) is 6.54 Å². The molecular formula is C14H24N2O. The SMILES string of the molecule is CN(CCNC1CCCCC1)Cc1ccoc1. The van der Waals surface area contributed by atoms with Crippen LogP contribution in [0.3, 0.4) is 0 Å². The van der Waals surface area contributed by atoms with Crippen molar-refractivity contribution in [2.75, 3.05) is 20.1 Å². The first kappa shape index (κ1) is 12.7. The molecule has 1 aromatic rings. The van der Waals surface area contributed by atoms with E-state index in [1.54, 1.807) is 6.26 Å². The number of rotatable bonds is 6. The lowest BCUT2D eigenvalue weighted by molar-refractivity contribution is 0.300. The summed E-state index contributed by atoms with van der Waals surface area (Å²) in [6.45, 7) is 3.17. The van der Waals surface area contributed by atoms with Gasteiger partial charge in [-0.15, -0.1) is 0 Å². The van der Waals surface area contributed by atoms with Crippen LogP contribution in [0.25, 0.3) is 0 Å². The Balaban J connectivity index is 1.58. The summed E-state index contributed by atoms with van der Waals surface area (Å²) in [6, 6.07) is 2.80. The van der Waals surface area contributed by atoms with Crippen LogP contribution in [0, 0.1) is 0 Å². The van der Waals surface area contributed by atoms with E-state index in [0.29, 0.717) is 0 Å². The van der Waals surface area contributed by atoms with E-state index in [1.165, 1.54) is 37.7 Å². The smallest absolute Gasteiger partial charge is 0.0947 e. The van der Waals surface area contributed by atoms with Gasteiger partial charge >= 0.3 is 0 Å². The summed E-state index contributed by atoms with van der Waals surface area (Å²) in [7, 11) is 2.16. The Hall–Kier alpha value is -0.800. The molecule has 1 aliphatic carbocycles. The van der Waals surface area contributed by atoms with Gasteiger partial charge in [0.2, 0.25) is 0 Å². The Morgan fingerprint density at radius 1 is 1.35 bits per heavy atom. The Kier molecular flexibility index (Phi) is 5.08. The number of hydrogen-bond donors (Lipinski definition) is 1. The molecule has 0 unspecified atom stereocenters. The highest BCUT2D eigenvalue weighted by Gasteiger charge is 2.12. The van der Waals surface area contributed by atoms with Crippen LogP contribution in [0.2, 0.25) is 0 Å². The Morgan fingerprint density at radius 3 is 2.88 bits per heavy atom. The van der Waals surface area contributed by atoms with Crippen LogP contribution in [-0.4, -0.2) is 31.1 Å². The molecule has 1 N–H and O–H groups in total. The van der Waals surface area contributed by atoms with Crippen molar-refractivity contribution in [1.29, 1.82) is 0 Å². The average Bonchev–Trinajstić information content (AvgIpc) is 2.83. The van der Waals surface area contributed by atoms with Crippen LogP contribution >= 0.6 is 0 Å². The molecule has 1 aromatic heterocycles. The van der Waals surface area contributed by atoms with E-state index in [-0.39, 0.29) is 0 Å². The van der Waals surface area contributed by atoms with E-state index in [2.05, 4.69) is 17.3 Å². The van der Waals surface area contributed by atoms with Crippen molar-refractivity contribution in [1.82, 2.24) is 10.2 Å². The molecule has 17 heavy (non-hydrogen) atoms. The second kappa shape index (κ2) is 6.82. The lowest BCUT2D eigenvalue weighted by Crippen LogP contribution is -2.36. The van der Waals surface area contributed by atoms with E-state index >= 15 is 0 Å². The van der Waals surface area contributed by atoms with Gasteiger partial charge in [0.25, 0.3) is 0 Å². The molecule has 0 aliphatic heterocycles. The average molecular weight is 236 g/mol. The van der Waals surface area contributed by atoms with Gasteiger partial charge in [-0.3, -0.25) is 0 Å². The van der Waals surface area contributed by atoms with Gasteiger partial charge in [0.15, 0.2) is 0 Å². The zero-order valence-corrected chi connectivity index (χ0v) is 10.8. The fraction of sp³-hybridized carbons (Fsp3) is 0.714. The minimum atomic E-state index is 0.770. The van der Waals surface area contributed by atoms with E-state index in [9.17, 15) is 0 Å². The molecule has 0 bridgehead atoms. The predicted molar refractivity (Wildman–Crippen MR) is 69.9 cm³/mol. The molecular weight excluding hydrogens is 212 g/mol. The number of likely N-dealkylation sites (N-methyl/N-ethyl adjacent to an activating group) is 1. The van der Waals surface area contributed by atoms with Gasteiger partial charge in [-0.05, 0) is 26.0 Å². The van der Waals surface area contributed by atoms with Crippen molar-refractivity contribution in [3.63, 3.8) is 0 Å². The van der Waals surface area contributed by atoms with E-state index in [4.69, 9.17) is 4.42 Å².